The van der Waals surface area contributed by atoms with Crippen molar-refractivity contribution >= 4 is 0 Å². The van der Waals surface area contributed by atoms with Gasteiger partial charge in [0.1, 0.15) is 34.5 Å². The van der Waals surface area contributed by atoms with Crippen molar-refractivity contribution in [1.29, 1.82) is 0 Å². The number of aryl methyl sites for hydroxylation is 4. The van der Waals surface area contributed by atoms with Crippen molar-refractivity contribution in [3.8, 4) is 34.5 Å². The van der Waals surface area contributed by atoms with E-state index in [0.717, 1.165) is 163 Å². The molecule has 8 nitrogen and oxygen atoms in total. The monoisotopic (exact) mass is 1210 g/mol. The Morgan fingerprint density at radius 1 is 0.367 bits per heavy atom. The van der Waals surface area contributed by atoms with E-state index in [4.69, 9.17) is 0 Å². The molecule has 0 saturated heterocycles. The summed E-state index contributed by atoms with van der Waals surface area (Å²) in [6, 6.07) is 39.0. The third-order valence-electron chi connectivity index (χ3n) is 22.8. The summed E-state index contributed by atoms with van der Waals surface area (Å²) in [5, 5.41) is 91.7. The van der Waals surface area contributed by atoms with Gasteiger partial charge < -0.3 is 40.9 Å². The number of hydrogen-bond donors (Lipinski definition) is 8. The lowest BCUT2D eigenvalue weighted by Crippen LogP contribution is -2.32. The Labute approximate surface area is 535 Å². The second kappa shape index (κ2) is 25.6. The first kappa shape index (κ1) is 64.0. The summed E-state index contributed by atoms with van der Waals surface area (Å²) < 4.78 is 0. The molecule has 0 aliphatic heterocycles. The van der Waals surface area contributed by atoms with E-state index in [-0.39, 0.29) is 75.4 Å². The Hall–Kier alpha value is -7.52. The molecule has 0 heterocycles. The van der Waals surface area contributed by atoms with Gasteiger partial charge in [0.05, 0.1) is 12.2 Å². The van der Waals surface area contributed by atoms with Gasteiger partial charge in [0.25, 0.3) is 0 Å². The molecule has 0 radical (unpaired) electrons. The number of rotatable bonds is 14. The van der Waals surface area contributed by atoms with Gasteiger partial charge in [0.15, 0.2) is 0 Å². The topological polar surface area (TPSA) is 162 Å². The quantitative estimate of drug-likeness (QED) is 0.0499. The van der Waals surface area contributed by atoms with Gasteiger partial charge in [-0.25, -0.2) is 0 Å². The van der Waals surface area contributed by atoms with Crippen molar-refractivity contribution in [2.24, 2.45) is 11.8 Å². The maximum atomic E-state index is 11.9. The number of hydrogen-bond acceptors (Lipinski definition) is 8. The van der Waals surface area contributed by atoms with Gasteiger partial charge in [-0.05, 0) is 305 Å². The average Bonchev–Trinajstić information content (AvgIpc) is 1.11. The van der Waals surface area contributed by atoms with E-state index in [0.29, 0.717) is 25.7 Å². The molecule has 90 heavy (non-hydrogen) atoms. The SMILES string of the molecule is Cc1cc(C(c2cc(CC3CC(c4cccc(C5(c6cccc(C7CCC(O)C(Cc8ccc(O)c(C(c9cc(C)c(O)c(C)c9C)c9cc(C)c(O)c(C)c9C)c8)C7)c6)CCCCC5)c4)CCC3O)ccc2O)c2cc(C)c(O)c(C)c2C)c(C)c(C)c1O. The fraction of sp³-hybridized carbons (Fsp3) is 0.415. The van der Waals surface area contributed by atoms with Gasteiger partial charge in [-0.1, -0.05) is 116 Å². The molecule has 8 aromatic rings. The van der Waals surface area contributed by atoms with Gasteiger partial charge in [0, 0.05) is 28.4 Å². The molecule has 0 spiro atoms. The maximum absolute atomic E-state index is 11.9. The number of benzene rings is 8. The first-order valence-electron chi connectivity index (χ1n) is 33.3. The van der Waals surface area contributed by atoms with E-state index in [1.165, 1.54) is 28.7 Å². The highest BCUT2D eigenvalue weighted by atomic mass is 16.3. The fourth-order valence-electron chi connectivity index (χ4n) is 16.8. The molecule has 8 aromatic carbocycles. The zero-order valence-electron chi connectivity index (χ0n) is 55.3. The molecule has 8 N–H and O–H groups in total. The highest BCUT2D eigenvalue weighted by Gasteiger charge is 2.39. The predicted molar refractivity (Wildman–Crippen MR) is 364 cm³/mol. The van der Waals surface area contributed by atoms with Crippen LogP contribution in [-0.4, -0.2) is 53.1 Å². The Morgan fingerprint density at radius 3 is 1.03 bits per heavy atom. The molecule has 11 rings (SSSR count). The zero-order valence-corrected chi connectivity index (χ0v) is 55.3. The van der Waals surface area contributed by atoms with E-state index in [1.54, 1.807) is 0 Å². The minimum Gasteiger partial charge on any atom is -0.508 e. The van der Waals surface area contributed by atoms with Crippen LogP contribution in [0.5, 0.6) is 34.5 Å². The molecule has 0 bridgehead atoms. The Kier molecular flexibility index (Phi) is 18.2. The van der Waals surface area contributed by atoms with Crippen LogP contribution in [0.25, 0.3) is 0 Å². The minimum atomic E-state index is -0.463. The lowest BCUT2D eigenvalue weighted by Gasteiger charge is -2.40. The lowest BCUT2D eigenvalue weighted by molar-refractivity contribution is 0.0618. The van der Waals surface area contributed by atoms with Crippen LogP contribution < -0.4 is 0 Å². The van der Waals surface area contributed by atoms with Crippen LogP contribution in [0, 0.1) is 94.9 Å². The molecular weight excluding hydrogens is 1110 g/mol. The number of phenolic OH excluding ortho intramolecular Hbond substituents is 6. The van der Waals surface area contributed by atoms with E-state index < -0.39 is 12.2 Å². The summed E-state index contributed by atoms with van der Waals surface area (Å²) >= 11 is 0. The summed E-state index contributed by atoms with van der Waals surface area (Å²) in [5.74, 6) is 1.23. The van der Waals surface area contributed by atoms with Gasteiger partial charge in [-0.3, -0.25) is 0 Å². The van der Waals surface area contributed by atoms with Crippen molar-refractivity contribution in [1.82, 2.24) is 0 Å². The Morgan fingerprint density at radius 2 is 0.700 bits per heavy atom. The lowest BCUT2D eigenvalue weighted by atomic mass is 9.64. The van der Waals surface area contributed by atoms with Crippen LogP contribution in [0.2, 0.25) is 0 Å². The van der Waals surface area contributed by atoms with Crippen molar-refractivity contribution in [3.05, 3.63) is 243 Å². The van der Waals surface area contributed by atoms with Crippen LogP contribution in [0.4, 0.5) is 0 Å². The highest BCUT2D eigenvalue weighted by molar-refractivity contribution is 5.63. The third kappa shape index (κ3) is 11.9. The molecule has 6 unspecified atom stereocenters. The van der Waals surface area contributed by atoms with Gasteiger partial charge in [0.2, 0.25) is 0 Å². The second-order valence-electron chi connectivity index (χ2n) is 28.2. The van der Waals surface area contributed by atoms with Crippen LogP contribution in [0.3, 0.4) is 0 Å². The molecule has 0 aromatic heterocycles. The van der Waals surface area contributed by atoms with Crippen molar-refractivity contribution < 1.29 is 40.9 Å². The largest absolute Gasteiger partial charge is 0.508 e. The van der Waals surface area contributed by atoms with Crippen LogP contribution in [-0.2, 0) is 18.3 Å². The second-order valence-corrected chi connectivity index (χ2v) is 28.2. The molecule has 6 atom stereocenters. The number of aromatic hydroxyl groups is 6. The highest BCUT2D eigenvalue weighted by Crippen LogP contribution is 2.51. The fourth-order valence-corrected chi connectivity index (χ4v) is 16.8. The molecule has 3 aliphatic rings. The summed E-state index contributed by atoms with van der Waals surface area (Å²) in [6.07, 6.45) is 11.0. The molecule has 0 amide bonds. The average molecular weight is 1210 g/mol. The van der Waals surface area contributed by atoms with E-state index in [2.05, 4.69) is 60.7 Å². The molecule has 3 fully saturated rings. The van der Waals surface area contributed by atoms with Gasteiger partial charge >= 0.3 is 0 Å². The minimum absolute atomic E-state index is 0.000993. The summed E-state index contributed by atoms with van der Waals surface area (Å²) in [4.78, 5) is 0. The normalized spacial score (nSPS) is 20.3. The van der Waals surface area contributed by atoms with Gasteiger partial charge in [-0.2, -0.15) is 0 Å². The number of aliphatic hydroxyl groups is 2. The molecule has 3 saturated carbocycles. The molecular formula is C82H96O8. The van der Waals surface area contributed by atoms with E-state index in [1.807, 2.05) is 132 Å². The predicted octanol–water partition coefficient (Wildman–Crippen LogP) is 18.2. The summed E-state index contributed by atoms with van der Waals surface area (Å²) in [6.45, 7) is 23.6. The molecule has 472 valence electrons. The third-order valence-corrected chi connectivity index (χ3v) is 22.8. The van der Waals surface area contributed by atoms with Crippen molar-refractivity contribution in [2.45, 2.75) is 208 Å². The standard InChI is InChI=1S/C82H96O8/c1-44-32-66(48(5)52(9)78(44)87)76(67-33-45(2)79(88)53(10)49(67)6)70-38-56(22-26-74(70)85)36-62-40-60(24-28-72(62)83)58-18-16-20-64(42-58)82(30-14-13-15-31-82)65-21-17-19-59(43-65)61-25-29-73(84)63(41-61)37-57-23-27-75(86)71(39-57)77(68-34-46(3)80(89)54(11)50(68)7)69-35-47(4)81(90)55(12)51(69)8/h16-23,26-27,32-35,38-39,42-43,60-63,72-73,76-77,83-90H,13-15,24-25,28-31,36-37,40-41H2,1-12H3. The van der Waals surface area contributed by atoms with Crippen molar-refractivity contribution in [3.63, 3.8) is 0 Å². The van der Waals surface area contributed by atoms with Crippen molar-refractivity contribution in [2.75, 3.05) is 0 Å². The summed E-state index contributed by atoms with van der Waals surface area (Å²) in [7, 11) is 0. The Bertz CT molecular complexity index is 3650. The van der Waals surface area contributed by atoms with E-state index in [9.17, 15) is 40.9 Å². The maximum Gasteiger partial charge on any atom is 0.121 e. The first-order chi connectivity index (χ1) is 42.9. The number of phenols is 6. The first-order valence-corrected chi connectivity index (χ1v) is 33.3. The molecule has 8 heteroatoms. The zero-order chi connectivity index (χ0) is 64.4. The smallest absolute Gasteiger partial charge is 0.121 e. The summed E-state index contributed by atoms with van der Waals surface area (Å²) in [5.41, 5.74) is 23.0. The Balaban J connectivity index is 0.856. The van der Waals surface area contributed by atoms with Crippen LogP contribution in [0.15, 0.2) is 109 Å². The van der Waals surface area contributed by atoms with Crippen LogP contribution in [0.1, 0.15) is 228 Å². The van der Waals surface area contributed by atoms with Gasteiger partial charge in [-0.15, -0.1) is 0 Å². The number of aliphatic hydroxyl groups excluding tert-OH is 2. The molecule has 3 aliphatic carbocycles. The van der Waals surface area contributed by atoms with E-state index >= 15 is 0 Å². The van der Waals surface area contributed by atoms with Crippen LogP contribution >= 0.6 is 0 Å².